The Morgan fingerprint density at radius 3 is 2.66 bits per heavy atom. The largest absolute Gasteiger partial charge is 0.381 e. The smallest absolute Gasteiger partial charge is 0.211 e. The Kier molecular flexibility index (Phi) is 4.31. The Morgan fingerprint density at radius 2 is 1.97 bits per heavy atom. The highest BCUT2D eigenvalue weighted by Gasteiger charge is 2.38. The van der Waals surface area contributed by atoms with Crippen molar-refractivity contribution in [3.8, 4) is 6.07 Å². The number of aromatic nitrogens is 3. The molecule has 0 unspecified atom stereocenters. The fraction of sp³-hybridized carbons (Fsp3) is 0.450. The van der Waals surface area contributed by atoms with Gasteiger partial charge >= 0.3 is 0 Å². The molecule has 3 aromatic rings. The van der Waals surface area contributed by atoms with Crippen LogP contribution >= 0.6 is 0 Å². The highest BCUT2D eigenvalue weighted by molar-refractivity contribution is 7.88. The summed E-state index contributed by atoms with van der Waals surface area (Å²) in [6, 6.07) is 7.94. The van der Waals surface area contributed by atoms with Gasteiger partial charge in [-0.2, -0.15) is 5.26 Å². The Bertz CT molecular complexity index is 1250. The van der Waals surface area contributed by atoms with Crippen molar-refractivity contribution in [2.75, 3.05) is 32.6 Å². The first-order valence-corrected chi connectivity index (χ1v) is 11.5. The van der Waals surface area contributed by atoms with Crippen LogP contribution in [0.2, 0.25) is 0 Å². The molecule has 0 aliphatic carbocycles. The van der Waals surface area contributed by atoms with E-state index in [1.54, 1.807) is 12.3 Å². The van der Waals surface area contributed by atoms with E-state index in [0.717, 1.165) is 40.6 Å². The fourth-order valence-electron chi connectivity index (χ4n) is 4.34. The summed E-state index contributed by atoms with van der Waals surface area (Å²) in [5.41, 5.74) is 3.17. The van der Waals surface area contributed by atoms with Crippen molar-refractivity contribution < 1.29 is 13.2 Å². The van der Waals surface area contributed by atoms with Crippen molar-refractivity contribution in [2.24, 2.45) is 0 Å². The average Bonchev–Trinajstić information content (AvgIpc) is 3.05. The summed E-state index contributed by atoms with van der Waals surface area (Å²) in [5.74, 6) is 0.956. The van der Waals surface area contributed by atoms with E-state index in [0.29, 0.717) is 31.9 Å². The molecule has 2 saturated heterocycles. The topological polar surface area (TPSA) is 101 Å². The van der Waals surface area contributed by atoms with Crippen LogP contribution in [0, 0.1) is 11.3 Å². The number of fused-ring (bicyclic) bond motifs is 3. The molecule has 0 amide bonds. The van der Waals surface area contributed by atoms with E-state index in [9.17, 15) is 13.7 Å². The van der Waals surface area contributed by atoms with Crippen LogP contribution < -0.4 is 0 Å². The van der Waals surface area contributed by atoms with Crippen LogP contribution in [0.4, 0.5) is 0 Å². The molecule has 150 valence electrons. The molecule has 2 aliphatic heterocycles. The average molecular weight is 411 g/mol. The van der Waals surface area contributed by atoms with Gasteiger partial charge in [0.1, 0.15) is 11.3 Å². The first-order chi connectivity index (χ1) is 14.0. The molecular weight excluding hydrogens is 390 g/mol. The monoisotopic (exact) mass is 411 g/mol. The Balaban J connectivity index is 1.70. The summed E-state index contributed by atoms with van der Waals surface area (Å²) in [4.78, 5) is 9.41. The number of hydrogen-bond donors (Lipinski definition) is 0. The number of ether oxygens (including phenoxy) is 1. The molecule has 0 N–H and O–H groups in total. The second-order valence-electron chi connectivity index (χ2n) is 7.80. The first kappa shape index (κ1) is 18.5. The minimum atomic E-state index is -3.19. The molecule has 0 bridgehead atoms. The molecule has 9 heteroatoms. The van der Waals surface area contributed by atoms with Crippen molar-refractivity contribution in [2.45, 2.75) is 24.8 Å². The molecule has 1 aromatic carbocycles. The second kappa shape index (κ2) is 6.76. The van der Waals surface area contributed by atoms with Crippen LogP contribution in [-0.4, -0.2) is 59.8 Å². The van der Waals surface area contributed by atoms with Crippen molar-refractivity contribution in [3.63, 3.8) is 0 Å². The molecular formula is C20H21N5O3S. The summed E-state index contributed by atoms with van der Waals surface area (Å²) in [7, 11) is -3.19. The molecule has 29 heavy (non-hydrogen) atoms. The normalized spacial score (nSPS) is 19.4. The van der Waals surface area contributed by atoms with E-state index in [1.807, 2.05) is 12.1 Å². The molecule has 2 aliphatic rings. The highest BCUT2D eigenvalue weighted by atomic mass is 32.2. The summed E-state index contributed by atoms with van der Waals surface area (Å²) in [6.07, 6.45) is 4.77. The number of sulfonamides is 1. The minimum Gasteiger partial charge on any atom is -0.381 e. The third-order valence-corrected chi connectivity index (χ3v) is 7.15. The van der Waals surface area contributed by atoms with Crippen LogP contribution in [0.25, 0.3) is 21.9 Å². The lowest BCUT2D eigenvalue weighted by Gasteiger charge is -2.38. The maximum atomic E-state index is 11.8. The zero-order chi connectivity index (χ0) is 20.2. The molecule has 2 fully saturated rings. The van der Waals surface area contributed by atoms with Crippen LogP contribution in [0.5, 0.6) is 0 Å². The number of imidazole rings is 1. The van der Waals surface area contributed by atoms with Crippen LogP contribution in [0.15, 0.2) is 24.4 Å². The van der Waals surface area contributed by atoms with Crippen molar-refractivity contribution in [1.82, 2.24) is 18.8 Å². The van der Waals surface area contributed by atoms with E-state index in [4.69, 9.17) is 9.72 Å². The maximum Gasteiger partial charge on any atom is 0.211 e. The lowest BCUT2D eigenvalue weighted by Crippen LogP contribution is -2.48. The Labute approximate surface area is 168 Å². The molecule has 0 radical (unpaired) electrons. The SMILES string of the molecule is CS(=O)(=O)N1CC(c2nc3cnc4ccc(C#N)cc4c3n2C2CCOCC2)C1. The fourth-order valence-corrected chi connectivity index (χ4v) is 5.24. The number of hydrogen-bond acceptors (Lipinski definition) is 6. The molecule has 8 nitrogen and oxygen atoms in total. The maximum absolute atomic E-state index is 11.8. The number of benzene rings is 1. The van der Waals surface area contributed by atoms with Crippen LogP contribution in [-0.2, 0) is 14.8 Å². The zero-order valence-corrected chi connectivity index (χ0v) is 16.9. The van der Waals surface area contributed by atoms with Gasteiger partial charge in [-0.3, -0.25) is 4.98 Å². The first-order valence-electron chi connectivity index (χ1n) is 9.69. The van der Waals surface area contributed by atoms with Crippen molar-refractivity contribution >= 4 is 32.0 Å². The summed E-state index contributed by atoms with van der Waals surface area (Å²) >= 11 is 0. The summed E-state index contributed by atoms with van der Waals surface area (Å²) in [5, 5.41) is 10.3. The minimum absolute atomic E-state index is 0.0502. The van der Waals surface area contributed by atoms with Gasteiger partial charge in [-0.25, -0.2) is 17.7 Å². The van der Waals surface area contributed by atoms with Gasteiger partial charge < -0.3 is 9.30 Å². The number of pyridine rings is 1. The summed E-state index contributed by atoms with van der Waals surface area (Å²) < 4.78 is 33.0. The van der Waals surface area contributed by atoms with Gasteiger partial charge in [-0.15, -0.1) is 0 Å². The molecule has 0 spiro atoms. The predicted molar refractivity (Wildman–Crippen MR) is 108 cm³/mol. The van der Waals surface area contributed by atoms with E-state index >= 15 is 0 Å². The van der Waals surface area contributed by atoms with Gasteiger partial charge in [0, 0.05) is 43.6 Å². The lowest BCUT2D eigenvalue weighted by molar-refractivity contribution is 0.0688. The zero-order valence-electron chi connectivity index (χ0n) is 16.1. The van der Waals surface area contributed by atoms with Gasteiger partial charge in [0.15, 0.2) is 0 Å². The second-order valence-corrected chi connectivity index (χ2v) is 9.78. The van der Waals surface area contributed by atoms with E-state index < -0.39 is 10.0 Å². The van der Waals surface area contributed by atoms with E-state index in [1.165, 1.54) is 10.6 Å². The Morgan fingerprint density at radius 1 is 1.21 bits per heavy atom. The highest BCUT2D eigenvalue weighted by Crippen LogP contribution is 2.37. The van der Waals surface area contributed by atoms with Crippen molar-refractivity contribution in [1.29, 1.82) is 5.26 Å². The number of rotatable bonds is 3. The third kappa shape index (κ3) is 3.08. The molecule has 4 heterocycles. The van der Waals surface area contributed by atoms with Gasteiger partial charge in [0.25, 0.3) is 0 Å². The van der Waals surface area contributed by atoms with Gasteiger partial charge in [-0.1, -0.05) is 0 Å². The van der Waals surface area contributed by atoms with Crippen molar-refractivity contribution in [3.05, 3.63) is 35.8 Å². The lowest BCUT2D eigenvalue weighted by atomic mass is 10.0. The van der Waals surface area contributed by atoms with Gasteiger partial charge in [0.2, 0.25) is 10.0 Å². The number of nitriles is 1. The summed E-state index contributed by atoms with van der Waals surface area (Å²) in [6.45, 7) is 2.27. The van der Waals surface area contributed by atoms with E-state index in [2.05, 4.69) is 15.6 Å². The van der Waals surface area contributed by atoms with Gasteiger partial charge in [-0.05, 0) is 31.0 Å². The standard InChI is InChI=1S/C20H21N5O3S/c1-29(26,27)24-11-14(12-24)20-23-18-10-22-17-3-2-13(9-21)8-16(17)19(18)25(20)15-4-6-28-7-5-15/h2-3,8,10,14-15H,4-7,11-12H2,1H3. The predicted octanol–water partition coefficient (Wildman–Crippen LogP) is 2.17. The van der Waals surface area contributed by atoms with E-state index in [-0.39, 0.29) is 12.0 Å². The molecule has 5 rings (SSSR count). The molecule has 0 saturated carbocycles. The van der Waals surface area contributed by atoms with Gasteiger partial charge in [0.05, 0.1) is 35.1 Å². The third-order valence-electron chi connectivity index (χ3n) is 5.91. The number of nitrogens with zero attached hydrogens (tertiary/aromatic N) is 5. The van der Waals surface area contributed by atoms with Crippen LogP contribution in [0.1, 0.15) is 36.2 Å². The quantitative estimate of drug-likeness (QED) is 0.655. The Hall–Kier alpha value is -2.54. The molecule has 0 atom stereocenters. The van der Waals surface area contributed by atoms with Crippen LogP contribution in [0.3, 0.4) is 0 Å². The molecule has 2 aromatic heterocycles.